The van der Waals surface area contributed by atoms with E-state index >= 15 is 0 Å². The second-order valence-corrected chi connectivity index (χ2v) is 5.15. The minimum absolute atomic E-state index is 0.0111. The molecule has 0 radical (unpaired) electrons. The van der Waals surface area contributed by atoms with E-state index in [9.17, 15) is 14.0 Å². The standard InChI is InChI=1S/C17H17FN2O3/c1-10-4-3-5-13(6-10)23-9-16(21)20-15-8-12(17(19)22)7-14(18)11(15)2/h3-8H,9H2,1-2H3,(H2,19,22)(H,20,21). The molecule has 0 aliphatic rings. The summed E-state index contributed by atoms with van der Waals surface area (Å²) in [7, 11) is 0. The number of carbonyl (C=O) groups is 2. The van der Waals surface area contributed by atoms with Gasteiger partial charge < -0.3 is 15.8 Å². The zero-order valence-corrected chi connectivity index (χ0v) is 12.9. The van der Waals surface area contributed by atoms with Crippen molar-refractivity contribution in [2.75, 3.05) is 11.9 Å². The highest BCUT2D eigenvalue weighted by Gasteiger charge is 2.13. The molecule has 0 aromatic heterocycles. The molecule has 0 bridgehead atoms. The number of nitrogens with two attached hydrogens (primary N) is 1. The number of hydrogen-bond acceptors (Lipinski definition) is 3. The van der Waals surface area contributed by atoms with Gasteiger partial charge in [-0.25, -0.2) is 4.39 Å². The molecule has 0 aliphatic heterocycles. The average molecular weight is 316 g/mol. The predicted octanol–water partition coefficient (Wildman–Crippen LogP) is 2.56. The summed E-state index contributed by atoms with van der Waals surface area (Å²) in [4.78, 5) is 23.1. The smallest absolute Gasteiger partial charge is 0.262 e. The van der Waals surface area contributed by atoms with Crippen molar-refractivity contribution < 1.29 is 18.7 Å². The van der Waals surface area contributed by atoms with Crippen LogP contribution in [0.1, 0.15) is 21.5 Å². The zero-order valence-electron chi connectivity index (χ0n) is 12.9. The van der Waals surface area contributed by atoms with Crippen molar-refractivity contribution in [3.05, 3.63) is 58.9 Å². The quantitative estimate of drug-likeness (QED) is 0.889. The van der Waals surface area contributed by atoms with Crippen LogP contribution in [-0.2, 0) is 4.79 Å². The highest BCUT2D eigenvalue weighted by molar-refractivity contribution is 5.97. The summed E-state index contributed by atoms with van der Waals surface area (Å²) in [5, 5.41) is 2.52. The lowest BCUT2D eigenvalue weighted by atomic mass is 10.1. The number of benzene rings is 2. The van der Waals surface area contributed by atoms with Gasteiger partial charge in [0.05, 0.1) is 0 Å². The Balaban J connectivity index is 2.06. The third-order valence-electron chi connectivity index (χ3n) is 3.26. The molecule has 0 heterocycles. The van der Waals surface area contributed by atoms with Crippen molar-refractivity contribution in [2.45, 2.75) is 13.8 Å². The van der Waals surface area contributed by atoms with Gasteiger partial charge in [0.15, 0.2) is 6.61 Å². The molecule has 2 rings (SSSR count). The largest absolute Gasteiger partial charge is 0.484 e. The first-order valence-electron chi connectivity index (χ1n) is 6.96. The number of hydrogen-bond donors (Lipinski definition) is 2. The molecule has 120 valence electrons. The molecule has 3 N–H and O–H groups in total. The molecule has 0 fully saturated rings. The Morgan fingerprint density at radius 3 is 2.61 bits per heavy atom. The lowest BCUT2D eigenvalue weighted by molar-refractivity contribution is -0.118. The van der Waals surface area contributed by atoms with Crippen LogP contribution >= 0.6 is 0 Å². The van der Waals surface area contributed by atoms with E-state index in [0.29, 0.717) is 5.75 Å². The maximum atomic E-state index is 13.8. The molecular weight excluding hydrogens is 299 g/mol. The fraction of sp³-hybridized carbons (Fsp3) is 0.176. The summed E-state index contributed by atoms with van der Waals surface area (Å²) in [6.45, 7) is 3.18. The first-order chi connectivity index (χ1) is 10.9. The topological polar surface area (TPSA) is 81.4 Å². The number of halogens is 1. The number of primary amides is 1. The number of carbonyl (C=O) groups excluding carboxylic acids is 2. The van der Waals surface area contributed by atoms with Crippen LogP contribution < -0.4 is 15.8 Å². The zero-order chi connectivity index (χ0) is 17.0. The van der Waals surface area contributed by atoms with E-state index in [1.807, 2.05) is 19.1 Å². The van der Waals surface area contributed by atoms with Crippen LogP contribution in [0.15, 0.2) is 36.4 Å². The van der Waals surface area contributed by atoms with Gasteiger partial charge in [-0.1, -0.05) is 12.1 Å². The summed E-state index contributed by atoms with van der Waals surface area (Å²) in [6.07, 6.45) is 0. The van der Waals surface area contributed by atoms with E-state index in [0.717, 1.165) is 11.6 Å². The fourth-order valence-corrected chi connectivity index (χ4v) is 1.99. The number of ether oxygens (including phenoxy) is 1. The Hall–Kier alpha value is -2.89. The van der Waals surface area contributed by atoms with Gasteiger partial charge in [0, 0.05) is 16.8 Å². The monoisotopic (exact) mass is 316 g/mol. The van der Waals surface area contributed by atoms with Crippen molar-refractivity contribution in [2.24, 2.45) is 5.73 Å². The summed E-state index contributed by atoms with van der Waals surface area (Å²) in [6, 6.07) is 9.64. The van der Waals surface area contributed by atoms with Gasteiger partial charge in [-0.2, -0.15) is 0 Å². The van der Waals surface area contributed by atoms with Gasteiger partial charge in [0.25, 0.3) is 5.91 Å². The maximum absolute atomic E-state index is 13.8. The number of aryl methyl sites for hydroxylation is 1. The first-order valence-corrected chi connectivity index (χ1v) is 6.96. The molecular formula is C17H17FN2O3. The number of nitrogens with one attached hydrogen (secondary N) is 1. The van der Waals surface area contributed by atoms with Gasteiger partial charge in [-0.15, -0.1) is 0 Å². The molecule has 5 nitrogen and oxygen atoms in total. The minimum atomic E-state index is -0.768. The highest BCUT2D eigenvalue weighted by atomic mass is 19.1. The average Bonchev–Trinajstić information content (AvgIpc) is 2.49. The molecule has 2 amide bonds. The first kappa shape index (κ1) is 16.5. The molecule has 2 aromatic rings. The van der Waals surface area contributed by atoms with Crippen LogP contribution in [0.25, 0.3) is 0 Å². The third-order valence-corrected chi connectivity index (χ3v) is 3.26. The molecule has 2 aromatic carbocycles. The molecule has 0 atom stereocenters. The van der Waals surface area contributed by atoms with E-state index in [4.69, 9.17) is 10.5 Å². The molecule has 0 saturated heterocycles. The van der Waals surface area contributed by atoms with E-state index in [2.05, 4.69) is 5.32 Å². The predicted molar refractivity (Wildman–Crippen MR) is 85.0 cm³/mol. The summed E-state index contributed by atoms with van der Waals surface area (Å²) < 4.78 is 19.1. The minimum Gasteiger partial charge on any atom is -0.484 e. The van der Waals surface area contributed by atoms with Crippen LogP contribution in [0.4, 0.5) is 10.1 Å². The Morgan fingerprint density at radius 2 is 1.96 bits per heavy atom. The summed E-state index contributed by atoms with van der Waals surface area (Å²) in [5.41, 5.74) is 6.55. The molecule has 0 spiro atoms. The molecule has 23 heavy (non-hydrogen) atoms. The van der Waals surface area contributed by atoms with Crippen LogP contribution in [0.2, 0.25) is 0 Å². The van der Waals surface area contributed by atoms with Gasteiger partial charge >= 0.3 is 0 Å². The van der Waals surface area contributed by atoms with Gasteiger partial charge in [-0.05, 0) is 43.7 Å². The van der Waals surface area contributed by atoms with E-state index in [1.165, 1.54) is 13.0 Å². The van der Waals surface area contributed by atoms with E-state index in [1.54, 1.807) is 12.1 Å². The highest BCUT2D eigenvalue weighted by Crippen LogP contribution is 2.21. The molecule has 0 saturated carbocycles. The third kappa shape index (κ3) is 4.29. The van der Waals surface area contributed by atoms with Crippen molar-refractivity contribution >= 4 is 17.5 Å². The Kier molecular flexibility index (Phi) is 4.95. The lowest BCUT2D eigenvalue weighted by Gasteiger charge is -2.11. The Labute approximate surface area is 133 Å². The summed E-state index contributed by atoms with van der Waals surface area (Å²) >= 11 is 0. The van der Waals surface area contributed by atoms with Crippen LogP contribution in [0, 0.1) is 19.7 Å². The van der Waals surface area contributed by atoms with Crippen molar-refractivity contribution in [1.82, 2.24) is 0 Å². The van der Waals surface area contributed by atoms with Crippen molar-refractivity contribution in [1.29, 1.82) is 0 Å². The van der Waals surface area contributed by atoms with Gasteiger partial charge in [0.2, 0.25) is 5.91 Å². The molecule has 0 aliphatic carbocycles. The summed E-state index contributed by atoms with van der Waals surface area (Å²) in [5.74, 6) is -1.28. The van der Waals surface area contributed by atoms with E-state index < -0.39 is 17.6 Å². The number of anilines is 1. The number of amides is 2. The van der Waals surface area contributed by atoms with Crippen molar-refractivity contribution in [3.8, 4) is 5.75 Å². The van der Waals surface area contributed by atoms with Gasteiger partial charge in [0.1, 0.15) is 11.6 Å². The normalized spacial score (nSPS) is 10.2. The Morgan fingerprint density at radius 1 is 1.22 bits per heavy atom. The number of rotatable bonds is 5. The second-order valence-electron chi connectivity index (χ2n) is 5.15. The Bertz CT molecular complexity index is 759. The molecule has 0 unspecified atom stereocenters. The SMILES string of the molecule is Cc1cccc(OCC(=O)Nc2cc(C(N)=O)cc(F)c2C)c1. The maximum Gasteiger partial charge on any atom is 0.262 e. The molecule has 6 heteroatoms. The van der Waals surface area contributed by atoms with E-state index in [-0.39, 0.29) is 23.4 Å². The fourth-order valence-electron chi connectivity index (χ4n) is 1.99. The van der Waals surface area contributed by atoms with Crippen LogP contribution in [-0.4, -0.2) is 18.4 Å². The van der Waals surface area contributed by atoms with Crippen LogP contribution in [0.3, 0.4) is 0 Å². The van der Waals surface area contributed by atoms with Gasteiger partial charge in [-0.3, -0.25) is 9.59 Å². The second kappa shape index (κ2) is 6.91. The lowest BCUT2D eigenvalue weighted by Crippen LogP contribution is -2.21. The van der Waals surface area contributed by atoms with Crippen LogP contribution in [0.5, 0.6) is 5.75 Å². The van der Waals surface area contributed by atoms with Crippen molar-refractivity contribution in [3.63, 3.8) is 0 Å².